The first kappa shape index (κ1) is 8.21. The summed E-state index contributed by atoms with van der Waals surface area (Å²) in [4.78, 5) is 1.95. The van der Waals surface area contributed by atoms with Crippen molar-refractivity contribution in [1.29, 1.82) is 0 Å². The van der Waals surface area contributed by atoms with E-state index in [1.165, 1.54) is 0 Å². The SMILES string of the molecule is CN(C)COCCCl. The van der Waals surface area contributed by atoms with Crippen molar-refractivity contribution in [1.82, 2.24) is 4.90 Å². The average molecular weight is 138 g/mol. The third-order valence-electron chi connectivity index (χ3n) is 0.571. The molecule has 0 saturated carbocycles. The molecule has 0 fully saturated rings. The molecule has 8 heavy (non-hydrogen) atoms. The van der Waals surface area contributed by atoms with Crippen LogP contribution in [0.2, 0.25) is 0 Å². The zero-order valence-corrected chi connectivity index (χ0v) is 6.11. The van der Waals surface area contributed by atoms with Crippen LogP contribution >= 0.6 is 11.6 Å². The lowest BCUT2D eigenvalue weighted by Crippen LogP contribution is -2.16. The first-order chi connectivity index (χ1) is 3.77. The van der Waals surface area contributed by atoms with E-state index in [4.69, 9.17) is 16.3 Å². The van der Waals surface area contributed by atoms with Gasteiger partial charge in [0.2, 0.25) is 0 Å². The lowest BCUT2D eigenvalue weighted by atomic mass is 10.8. The molecule has 0 rings (SSSR count). The Morgan fingerprint density at radius 1 is 1.50 bits per heavy atom. The van der Waals surface area contributed by atoms with Gasteiger partial charge in [0, 0.05) is 5.88 Å². The normalized spacial score (nSPS) is 10.5. The predicted molar refractivity (Wildman–Crippen MR) is 35.2 cm³/mol. The van der Waals surface area contributed by atoms with Crippen molar-refractivity contribution in [2.45, 2.75) is 0 Å². The van der Waals surface area contributed by atoms with E-state index in [2.05, 4.69) is 0 Å². The number of nitrogens with zero attached hydrogens (tertiary/aromatic N) is 1. The first-order valence-electron chi connectivity index (χ1n) is 2.56. The number of hydrogen-bond acceptors (Lipinski definition) is 2. The van der Waals surface area contributed by atoms with Crippen molar-refractivity contribution in [2.24, 2.45) is 0 Å². The van der Waals surface area contributed by atoms with Crippen molar-refractivity contribution < 1.29 is 4.74 Å². The van der Waals surface area contributed by atoms with Crippen molar-refractivity contribution in [2.75, 3.05) is 33.3 Å². The second-order valence-electron chi connectivity index (χ2n) is 1.81. The summed E-state index contributed by atoms with van der Waals surface area (Å²) in [6.45, 7) is 1.30. The summed E-state index contributed by atoms with van der Waals surface area (Å²) in [5, 5.41) is 0. The molecular formula is C5H12ClNO. The maximum atomic E-state index is 5.34. The Hall–Kier alpha value is 0.210. The van der Waals surface area contributed by atoms with E-state index in [-0.39, 0.29) is 0 Å². The van der Waals surface area contributed by atoms with Gasteiger partial charge in [-0.3, -0.25) is 4.90 Å². The summed E-state index contributed by atoms with van der Waals surface area (Å²) in [7, 11) is 3.91. The van der Waals surface area contributed by atoms with Gasteiger partial charge >= 0.3 is 0 Å². The summed E-state index contributed by atoms with van der Waals surface area (Å²) in [5.41, 5.74) is 0. The molecule has 0 amide bonds. The lowest BCUT2D eigenvalue weighted by Gasteiger charge is -2.07. The van der Waals surface area contributed by atoms with Crippen molar-refractivity contribution in [3.8, 4) is 0 Å². The lowest BCUT2D eigenvalue weighted by molar-refractivity contribution is 0.0662. The number of halogens is 1. The quantitative estimate of drug-likeness (QED) is 0.322. The molecule has 0 aliphatic heterocycles. The van der Waals surface area contributed by atoms with Crippen LogP contribution in [-0.2, 0) is 4.74 Å². The molecule has 0 unspecified atom stereocenters. The zero-order chi connectivity index (χ0) is 6.41. The molecule has 0 aromatic rings. The van der Waals surface area contributed by atoms with Gasteiger partial charge in [0.1, 0.15) is 0 Å². The molecule has 0 aliphatic carbocycles. The Kier molecular flexibility index (Phi) is 5.49. The van der Waals surface area contributed by atoms with Crippen LogP contribution in [0.4, 0.5) is 0 Å². The van der Waals surface area contributed by atoms with Gasteiger partial charge in [-0.15, -0.1) is 11.6 Å². The number of ether oxygens (including phenoxy) is 1. The van der Waals surface area contributed by atoms with Crippen LogP contribution < -0.4 is 0 Å². The van der Waals surface area contributed by atoms with Crippen LogP contribution in [0.1, 0.15) is 0 Å². The Balaban J connectivity index is 2.72. The molecule has 0 radical (unpaired) electrons. The Bertz CT molecular complexity index is 49.7. The third kappa shape index (κ3) is 6.21. The molecule has 0 heterocycles. The fourth-order valence-corrected chi connectivity index (χ4v) is 0.411. The van der Waals surface area contributed by atoms with Gasteiger partial charge in [0.15, 0.2) is 0 Å². The standard InChI is InChI=1S/C5H12ClNO/c1-7(2)5-8-4-3-6/h3-5H2,1-2H3. The molecule has 0 N–H and O–H groups in total. The van der Waals surface area contributed by atoms with E-state index in [0.717, 1.165) is 0 Å². The van der Waals surface area contributed by atoms with Crippen molar-refractivity contribution in [3.05, 3.63) is 0 Å². The van der Waals surface area contributed by atoms with Crippen molar-refractivity contribution in [3.63, 3.8) is 0 Å². The smallest absolute Gasteiger partial charge is 0.0985 e. The van der Waals surface area contributed by atoms with Gasteiger partial charge in [-0.05, 0) is 14.1 Å². The number of rotatable bonds is 4. The summed E-state index contributed by atoms with van der Waals surface area (Å²) < 4.78 is 5.04. The van der Waals surface area contributed by atoms with E-state index in [0.29, 0.717) is 19.2 Å². The minimum Gasteiger partial charge on any atom is -0.365 e. The van der Waals surface area contributed by atoms with E-state index in [1.807, 2.05) is 19.0 Å². The van der Waals surface area contributed by atoms with E-state index in [1.54, 1.807) is 0 Å². The molecule has 0 saturated heterocycles. The monoisotopic (exact) mass is 137 g/mol. The second-order valence-corrected chi connectivity index (χ2v) is 2.18. The van der Waals surface area contributed by atoms with Crippen molar-refractivity contribution >= 4 is 11.6 Å². The molecule has 0 bridgehead atoms. The molecule has 2 nitrogen and oxygen atoms in total. The molecule has 3 heteroatoms. The fraction of sp³-hybridized carbons (Fsp3) is 1.00. The van der Waals surface area contributed by atoms with Crippen LogP contribution in [0.25, 0.3) is 0 Å². The Morgan fingerprint density at radius 3 is 2.50 bits per heavy atom. The van der Waals surface area contributed by atoms with Gasteiger partial charge < -0.3 is 4.74 Å². The molecular weight excluding hydrogens is 126 g/mol. The summed E-state index contributed by atoms with van der Waals surface area (Å²) in [6.07, 6.45) is 0. The van der Waals surface area contributed by atoms with Crippen LogP contribution in [0.15, 0.2) is 0 Å². The summed E-state index contributed by atoms with van der Waals surface area (Å²) >= 11 is 5.34. The fourth-order valence-electron chi connectivity index (χ4n) is 0.302. The molecule has 0 atom stereocenters. The van der Waals surface area contributed by atoms with Gasteiger partial charge in [0.05, 0.1) is 13.3 Å². The predicted octanol–water partition coefficient (Wildman–Crippen LogP) is 0.761. The second kappa shape index (κ2) is 5.35. The summed E-state index contributed by atoms with van der Waals surface area (Å²) in [5.74, 6) is 0.577. The third-order valence-corrected chi connectivity index (χ3v) is 0.725. The molecule has 0 aliphatic rings. The van der Waals surface area contributed by atoms with Crippen LogP contribution in [0.5, 0.6) is 0 Å². The van der Waals surface area contributed by atoms with Gasteiger partial charge in [0.25, 0.3) is 0 Å². The zero-order valence-electron chi connectivity index (χ0n) is 5.35. The highest BCUT2D eigenvalue weighted by molar-refractivity contribution is 6.17. The topological polar surface area (TPSA) is 12.5 Å². The van der Waals surface area contributed by atoms with Gasteiger partial charge in [-0.2, -0.15) is 0 Å². The van der Waals surface area contributed by atoms with E-state index < -0.39 is 0 Å². The van der Waals surface area contributed by atoms with Crippen LogP contribution in [0.3, 0.4) is 0 Å². The van der Waals surface area contributed by atoms with Gasteiger partial charge in [-0.25, -0.2) is 0 Å². The van der Waals surface area contributed by atoms with E-state index >= 15 is 0 Å². The Morgan fingerprint density at radius 2 is 2.12 bits per heavy atom. The highest BCUT2D eigenvalue weighted by Crippen LogP contribution is 1.79. The number of hydrogen-bond donors (Lipinski definition) is 0. The molecule has 0 aromatic heterocycles. The molecule has 50 valence electrons. The Labute approximate surface area is 55.4 Å². The highest BCUT2D eigenvalue weighted by Gasteiger charge is 1.85. The van der Waals surface area contributed by atoms with Crippen LogP contribution in [0, 0.1) is 0 Å². The maximum Gasteiger partial charge on any atom is 0.0985 e. The maximum absolute atomic E-state index is 5.34. The largest absolute Gasteiger partial charge is 0.365 e. The highest BCUT2D eigenvalue weighted by atomic mass is 35.5. The number of alkyl halides is 1. The van der Waals surface area contributed by atoms with Gasteiger partial charge in [-0.1, -0.05) is 0 Å². The van der Waals surface area contributed by atoms with E-state index in [9.17, 15) is 0 Å². The minimum atomic E-state index is 0.577. The average Bonchev–Trinajstić information content (AvgIpc) is 1.66. The summed E-state index contributed by atoms with van der Waals surface area (Å²) in [6, 6.07) is 0. The first-order valence-corrected chi connectivity index (χ1v) is 3.09. The molecule has 0 spiro atoms. The molecule has 0 aromatic carbocycles. The van der Waals surface area contributed by atoms with Crippen LogP contribution in [-0.4, -0.2) is 38.2 Å². The minimum absolute atomic E-state index is 0.577.